The number of hydrogen-bond acceptors (Lipinski definition) is 2. The highest BCUT2D eigenvalue weighted by atomic mass is 35.5. The number of halogens is 2. The predicted molar refractivity (Wildman–Crippen MR) is 100 cm³/mol. The standard InChI is InChI=1S/C18H17Cl2N3O2/c1-11-10-16(22-18(25)21-14-6-2-12(19)3-7-14)23(17(11)24)15-8-4-13(20)5-9-15/h2-9,11,16H,10H2,1H3,(H2,21,22,25). The van der Waals surface area contributed by atoms with Gasteiger partial charge in [0.15, 0.2) is 0 Å². The molecule has 2 aromatic carbocycles. The van der Waals surface area contributed by atoms with Crippen molar-refractivity contribution in [1.82, 2.24) is 5.32 Å². The largest absolute Gasteiger partial charge is 0.320 e. The number of nitrogens with one attached hydrogen (secondary N) is 2. The highest BCUT2D eigenvalue weighted by Crippen LogP contribution is 2.30. The van der Waals surface area contributed by atoms with E-state index in [1.165, 1.54) is 0 Å². The van der Waals surface area contributed by atoms with Gasteiger partial charge >= 0.3 is 6.03 Å². The molecule has 1 aliphatic heterocycles. The number of amides is 3. The summed E-state index contributed by atoms with van der Waals surface area (Å²) in [6.07, 6.45) is 0.117. The molecule has 0 aliphatic carbocycles. The lowest BCUT2D eigenvalue weighted by molar-refractivity contribution is -0.120. The van der Waals surface area contributed by atoms with Crippen molar-refractivity contribution >= 4 is 46.5 Å². The van der Waals surface area contributed by atoms with Gasteiger partial charge in [-0.15, -0.1) is 0 Å². The third-order valence-corrected chi connectivity index (χ3v) is 4.56. The van der Waals surface area contributed by atoms with Gasteiger partial charge in [-0.3, -0.25) is 9.69 Å². The van der Waals surface area contributed by atoms with Gasteiger partial charge in [-0.2, -0.15) is 0 Å². The van der Waals surface area contributed by atoms with Crippen LogP contribution in [0, 0.1) is 5.92 Å². The van der Waals surface area contributed by atoms with Gasteiger partial charge < -0.3 is 10.6 Å². The first-order chi connectivity index (χ1) is 11.9. The topological polar surface area (TPSA) is 61.4 Å². The average Bonchev–Trinajstić information content (AvgIpc) is 2.85. The second-order valence-corrected chi connectivity index (χ2v) is 6.82. The second-order valence-electron chi connectivity index (χ2n) is 5.94. The van der Waals surface area contributed by atoms with E-state index in [-0.39, 0.29) is 17.9 Å². The smallest absolute Gasteiger partial charge is 0.317 e. The number of nitrogens with zero attached hydrogens (tertiary/aromatic N) is 1. The molecule has 0 aromatic heterocycles. The van der Waals surface area contributed by atoms with Crippen LogP contribution in [0.25, 0.3) is 0 Å². The van der Waals surface area contributed by atoms with Crippen molar-refractivity contribution in [2.45, 2.75) is 19.5 Å². The fourth-order valence-electron chi connectivity index (χ4n) is 2.82. The van der Waals surface area contributed by atoms with Crippen LogP contribution in [0.2, 0.25) is 10.0 Å². The van der Waals surface area contributed by atoms with Gasteiger partial charge in [-0.1, -0.05) is 30.1 Å². The number of carbonyl (C=O) groups is 2. The number of anilines is 2. The SMILES string of the molecule is CC1CC(NC(=O)Nc2ccc(Cl)cc2)N(c2ccc(Cl)cc2)C1=O. The normalized spacial score (nSPS) is 19.8. The number of rotatable bonds is 3. The van der Waals surface area contributed by atoms with Gasteiger partial charge in [0.1, 0.15) is 6.17 Å². The number of urea groups is 1. The molecule has 1 saturated heterocycles. The maximum Gasteiger partial charge on any atom is 0.320 e. The van der Waals surface area contributed by atoms with Gasteiger partial charge in [0.05, 0.1) is 0 Å². The summed E-state index contributed by atoms with van der Waals surface area (Å²) in [4.78, 5) is 26.4. The van der Waals surface area contributed by atoms with Gasteiger partial charge in [-0.05, 0) is 55.0 Å². The molecule has 130 valence electrons. The Bertz CT molecular complexity index is 778. The molecule has 7 heteroatoms. The van der Waals surface area contributed by atoms with E-state index in [0.717, 1.165) is 0 Å². The number of hydrogen-bond donors (Lipinski definition) is 2. The van der Waals surface area contributed by atoms with Crippen LogP contribution in [0.3, 0.4) is 0 Å². The summed E-state index contributed by atoms with van der Waals surface area (Å²) in [6.45, 7) is 1.85. The van der Waals surface area contributed by atoms with Gasteiger partial charge in [0, 0.05) is 27.3 Å². The molecular weight excluding hydrogens is 361 g/mol. The highest BCUT2D eigenvalue weighted by Gasteiger charge is 2.38. The van der Waals surface area contributed by atoms with Crippen LogP contribution in [-0.4, -0.2) is 18.1 Å². The Morgan fingerprint density at radius 1 is 1.04 bits per heavy atom. The van der Waals surface area contributed by atoms with E-state index in [9.17, 15) is 9.59 Å². The maximum atomic E-state index is 12.5. The second kappa shape index (κ2) is 7.33. The Morgan fingerprint density at radius 2 is 1.60 bits per heavy atom. The molecule has 1 aliphatic rings. The zero-order chi connectivity index (χ0) is 18.0. The van der Waals surface area contributed by atoms with E-state index in [2.05, 4.69) is 10.6 Å². The minimum absolute atomic E-state index is 0.0286. The van der Waals surface area contributed by atoms with Crippen molar-refractivity contribution < 1.29 is 9.59 Å². The third-order valence-electron chi connectivity index (χ3n) is 4.05. The van der Waals surface area contributed by atoms with Crippen molar-refractivity contribution in [3.63, 3.8) is 0 Å². The molecule has 2 atom stereocenters. The monoisotopic (exact) mass is 377 g/mol. The van der Waals surface area contributed by atoms with Crippen LogP contribution in [0.5, 0.6) is 0 Å². The molecule has 2 N–H and O–H groups in total. The minimum atomic E-state index is -0.420. The Morgan fingerprint density at radius 3 is 2.20 bits per heavy atom. The number of carbonyl (C=O) groups excluding carboxylic acids is 2. The van der Waals surface area contributed by atoms with Crippen LogP contribution in [0.15, 0.2) is 48.5 Å². The molecule has 1 heterocycles. The summed E-state index contributed by atoms with van der Waals surface area (Å²) in [5.74, 6) is -0.198. The van der Waals surface area contributed by atoms with Crippen LogP contribution < -0.4 is 15.5 Å². The lowest BCUT2D eigenvalue weighted by Gasteiger charge is -2.25. The van der Waals surface area contributed by atoms with Gasteiger partial charge in [-0.25, -0.2) is 4.79 Å². The quantitative estimate of drug-likeness (QED) is 0.825. The summed E-state index contributed by atoms with van der Waals surface area (Å²) in [5.41, 5.74) is 1.33. The highest BCUT2D eigenvalue weighted by molar-refractivity contribution is 6.31. The molecule has 3 rings (SSSR count). The minimum Gasteiger partial charge on any atom is -0.317 e. The first-order valence-electron chi connectivity index (χ1n) is 7.86. The van der Waals surface area contributed by atoms with E-state index in [4.69, 9.17) is 23.2 Å². The zero-order valence-corrected chi connectivity index (χ0v) is 15.0. The van der Waals surface area contributed by atoms with Crippen LogP contribution in [0.1, 0.15) is 13.3 Å². The summed E-state index contributed by atoms with van der Waals surface area (Å²) >= 11 is 11.7. The molecule has 0 bridgehead atoms. The number of benzene rings is 2. The summed E-state index contributed by atoms with van der Waals surface area (Å²) in [7, 11) is 0. The van der Waals surface area contributed by atoms with Crippen molar-refractivity contribution in [3.05, 3.63) is 58.6 Å². The molecule has 0 radical (unpaired) electrons. The molecule has 0 spiro atoms. The Hall–Kier alpha value is -2.24. The van der Waals surface area contributed by atoms with E-state index >= 15 is 0 Å². The van der Waals surface area contributed by atoms with E-state index in [1.807, 2.05) is 6.92 Å². The summed E-state index contributed by atoms with van der Waals surface area (Å²) < 4.78 is 0. The van der Waals surface area contributed by atoms with Gasteiger partial charge in [0.2, 0.25) is 5.91 Å². The average molecular weight is 378 g/mol. The lowest BCUT2D eigenvalue weighted by Crippen LogP contribution is -2.47. The fourth-order valence-corrected chi connectivity index (χ4v) is 3.07. The van der Waals surface area contributed by atoms with E-state index in [1.54, 1.807) is 53.4 Å². The first kappa shape index (κ1) is 17.6. The van der Waals surface area contributed by atoms with Crippen molar-refractivity contribution in [2.24, 2.45) is 5.92 Å². The Kier molecular flexibility index (Phi) is 5.16. The lowest BCUT2D eigenvalue weighted by atomic mass is 10.1. The zero-order valence-electron chi connectivity index (χ0n) is 13.5. The Labute approximate surface area is 155 Å². The molecule has 3 amide bonds. The summed E-state index contributed by atoms with van der Waals surface area (Å²) in [6, 6.07) is 13.4. The van der Waals surface area contributed by atoms with Gasteiger partial charge in [0.25, 0.3) is 0 Å². The first-order valence-corrected chi connectivity index (χ1v) is 8.61. The van der Waals surface area contributed by atoms with E-state index in [0.29, 0.717) is 27.8 Å². The molecule has 2 aromatic rings. The molecular formula is C18H17Cl2N3O2. The van der Waals surface area contributed by atoms with Crippen LogP contribution in [0.4, 0.5) is 16.2 Å². The molecule has 0 saturated carbocycles. The summed E-state index contributed by atoms with van der Waals surface area (Å²) in [5, 5.41) is 6.78. The van der Waals surface area contributed by atoms with Crippen molar-refractivity contribution in [3.8, 4) is 0 Å². The molecule has 5 nitrogen and oxygen atoms in total. The van der Waals surface area contributed by atoms with Crippen molar-refractivity contribution in [2.75, 3.05) is 10.2 Å². The van der Waals surface area contributed by atoms with Crippen LogP contribution in [-0.2, 0) is 4.79 Å². The van der Waals surface area contributed by atoms with Crippen LogP contribution >= 0.6 is 23.2 Å². The molecule has 1 fully saturated rings. The molecule has 25 heavy (non-hydrogen) atoms. The third kappa shape index (κ3) is 4.06. The van der Waals surface area contributed by atoms with E-state index < -0.39 is 6.17 Å². The fraction of sp³-hybridized carbons (Fsp3) is 0.222. The Balaban J connectivity index is 1.72. The maximum absolute atomic E-state index is 12.5. The predicted octanol–water partition coefficient (Wildman–Crippen LogP) is 4.51. The van der Waals surface area contributed by atoms with Crippen molar-refractivity contribution in [1.29, 1.82) is 0 Å². The molecule has 2 unspecified atom stereocenters.